The van der Waals surface area contributed by atoms with Crippen molar-refractivity contribution in [3.63, 3.8) is 0 Å². The maximum Gasteiger partial charge on any atom is 0.397 e. The van der Waals surface area contributed by atoms with Crippen LogP contribution in [0.5, 0.6) is 0 Å². The molecule has 1 unspecified atom stereocenters. The molecule has 7 nitrogen and oxygen atoms in total. The average Bonchev–Trinajstić information content (AvgIpc) is 1.81. The summed E-state index contributed by atoms with van der Waals surface area (Å²) in [4.78, 5) is 0. The van der Waals surface area contributed by atoms with Gasteiger partial charge in [-0.15, -0.1) is 0 Å². The molecule has 0 aliphatic heterocycles. The highest BCUT2D eigenvalue weighted by atomic mass is 32.3. The summed E-state index contributed by atoms with van der Waals surface area (Å²) in [5, 5.41) is 0. The zero-order valence-corrected chi connectivity index (χ0v) is 8.45. The van der Waals surface area contributed by atoms with Gasteiger partial charge in [-0.3, -0.25) is 8.74 Å². The first kappa shape index (κ1) is 12.8. The van der Waals surface area contributed by atoms with Crippen molar-refractivity contribution < 1.29 is 29.8 Å². The van der Waals surface area contributed by atoms with Crippen molar-refractivity contribution in [2.24, 2.45) is 0 Å². The molecule has 9 heteroatoms. The van der Waals surface area contributed by atoms with E-state index in [2.05, 4.69) is 8.37 Å². The van der Waals surface area contributed by atoms with Gasteiger partial charge in [0, 0.05) is 0 Å². The number of thiol groups is 1. The lowest BCUT2D eigenvalue weighted by molar-refractivity contribution is 0.167. The van der Waals surface area contributed by atoms with Crippen molar-refractivity contribution in [2.75, 3.05) is 6.61 Å². The van der Waals surface area contributed by atoms with Crippen molar-refractivity contribution in [3.05, 3.63) is 0 Å². The Balaban J connectivity index is 3.70. The molecule has 0 aromatic rings. The Bertz CT molecular complexity index is 294. The van der Waals surface area contributed by atoms with Crippen LogP contribution < -0.4 is 0 Å². The fraction of sp³-hybridized carbons (Fsp3) is 1.00. The van der Waals surface area contributed by atoms with Crippen molar-refractivity contribution in [1.82, 2.24) is 0 Å². The second-order valence-electron chi connectivity index (χ2n) is 2.18. The van der Waals surface area contributed by atoms with Crippen LogP contribution in [0, 0.1) is 0 Å². The first-order chi connectivity index (χ1) is 5.81. The summed E-state index contributed by atoms with van der Waals surface area (Å²) in [5.41, 5.74) is 0. The molecule has 0 fully saturated rings. The molecule has 0 aromatic heterocycles. The van der Waals surface area contributed by atoms with Crippen LogP contribution in [0.25, 0.3) is 0 Å². The lowest BCUT2D eigenvalue weighted by Gasteiger charge is -2.07. The predicted molar refractivity (Wildman–Crippen MR) is 43.0 cm³/mol. The minimum atomic E-state index is -4.48. The molecule has 0 aliphatic carbocycles. The summed E-state index contributed by atoms with van der Waals surface area (Å²) >= 11 is 0. The van der Waals surface area contributed by atoms with Crippen LogP contribution in [-0.2, 0) is 29.8 Å². The Morgan fingerprint density at radius 2 is 2.00 bits per heavy atom. The topological polar surface area (TPSA) is 107 Å². The van der Waals surface area contributed by atoms with Crippen LogP contribution >= 0.6 is 0 Å². The Labute approximate surface area is 77.8 Å². The van der Waals surface area contributed by atoms with Crippen LogP contribution in [0.3, 0.4) is 0 Å². The molecule has 0 amide bonds. The van der Waals surface area contributed by atoms with Crippen molar-refractivity contribution in [2.45, 2.75) is 19.4 Å². The van der Waals surface area contributed by atoms with Gasteiger partial charge >= 0.3 is 10.4 Å². The van der Waals surface area contributed by atoms with E-state index < -0.39 is 27.5 Å². The van der Waals surface area contributed by atoms with E-state index in [-0.39, 0.29) is 13.0 Å². The second kappa shape index (κ2) is 5.50. The quantitative estimate of drug-likeness (QED) is 0.454. The van der Waals surface area contributed by atoms with Crippen LogP contribution in [-0.4, -0.2) is 34.1 Å². The lowest BCUT2D eigenvalue weighted by atomic mass is 10.3. The molecular weight excluding hydrogens is 224 g/mol. The Morgan fingerprint density at radius 1 is 1.46 bits per heavy atom. The van der Waals surface area contributed by atoms with E-state index in [9.17, 15) is 16.8 Å². The maximum absolute atomic E-state index is 10.1. The van der Waals surface area contributed by atoms with Crippen molar-refractivity contribution in [1.29, 1.82) is 0 Å². The van der Waals surface area contributed by atoms with Crippen LogP contribution in [0.4, 0.5) is 0 Å². The molecule has 0 bridgehead atoms. The number of hydrogen-bond acceptors (Lipinski definition) is 6. The van der Waals surface area contributed by atoms with Gasteiger partial charge in [0.2, 0.25) is 0 Å². The molecule has 1 N–H and O–H groups in total. The molecule has 0 rings (SSSR count). The van der Waals surface area contributed by atoms with E-state index in [4.69, 9.17) is 4.55 Å². The van der Waals surface area contributed by atoms with Gasteiger partial charge < -0.3 is 0 Å². The standard InChI is InChI=1S/C4H10O7S2/c1-4(11-13(7,8)9)2-3-10-12(5)6/h4,12H,2-3H2,1H3,(H,7,8,9). The smallest absolute Gasteiger partial charge is 0.272 e. The molecular formula is C4H10O7S2. The van der Waals surface area contributed by atoms with Gasteiger partial charge in [0.15, 0.2) is 0 Å². The summed E-state index contributed by atoms with van der Waals surface area (Å²) in [5.74, 6) is 0. The number of hydrogen-bond donors (Lipinski definition) is 2. The zero-order valence-electron chi connectivity index (χ0n) is 6.74. The molecule has 1 atom stereocenters. The molecule has 0 saturated heterocycles. The Hall–Kier alpha value is -0.220. The molecule has 0 aliphatic rings. The van der Waals surface area contributed by atoms with E-state index in [0.717, 1.165) is 0 Å². The third-order valence-corrected chi connectivity index (χ3v) is 1.97. The first-order valence-corrected chi connectivity index (χ1v) is 5.70. The SMILES string of the molecule is CC(CCO[SH](=O)=O)OS(=O)(=O)O. The number of rotatable bonds is 6. The highest BCUT2D eigenvalue weighted by Gasteiger charge is 2.11. The molecule has 0 spiro atoms. The van der Waals surface area contributed by atoms with E-state index >= 15 is 0 Å². The van der Waals surface area contributed by atoms with Crippen LogP contribution in [0.2, 0.25) is 0 Å². The zero-order chi connectivity index (χ0) is 10.5. The van der Waals surface area contributed by atoms with Crippen molar-refractivity contribution in [3.8, 4) is 0 Å². The van der Waals surface area contributed by atoms with E-state index in [0.29, 0.717) is 0 Å². The molecule has 0 aromatic carbocycles. The van der Waals surface area contributed by atoms with Crippen LogP contribution in [0.1, 0.15) is 13.3 Å². The highest BCUT2D eigenvalue weighted by Crippen LogP contribution is 2.01. The third kappa shape index (κ3) is 9.70. The fourth-order valence-electron chi connectivity index (χ4n) is 0.549. The predicted octanol–water partition coefficient (Wildman–Crippen LogP) is -0.873. The van der Waals surface area contributed by atoms with Crippen LogP contribution in [0.15, 0.2) is 0 Å². The summed E-state index contributed by atoms with van der Waals surface area (Å²) in [6, 6.07) is 0. The van der Waals surface area contributed by atoms with Gasteiger partial charge in [-0.25, -0.2) is 12.6 Å². The highest BCUT2D eigenvalue weighted by molar-refractivity contribution is 7.80. The lowest BCUT2D eigenvalue weighted by Crippen LogP contribution is -2.16. The molecule has 80 valence electrons. The van der Waals surface area contributed by atoms with E-state index in [1.165, 1.54) is 6.92 Å². The van der Waals surface area contributed by atoms with Gasteiger partial charge in [-0.2, -0.15) is 8.42 Å². The second-order valence-corrected chi connectivity index (χ2v) is 3.93. The van der Waals surface area contributed by atoms with Gasteiger partial charge in [-0.1, -0.05) is 0 Å². The monoisotopic (exact) mass is 234 g/mol. The summed E-state index contributed by atoms with van der Waals surface area (Å²) in [7, 11) is -7.41. The molecule has 13 heavy (non-hydrogen) atoms. The normalized spacial score (nSPS) is 14.7. The fourth-order valence-corrected chi connectivity index (χ4v) is 1.31. The van der Waals surface area contributed by atoms with Gasteiger partial charge in [0.25, 0.3) is 11.0 Å². The van der Waals surface area contributed by atoms with Gasteiger partial charge in [-0.05, 0) is 13.3 Å². The largest absolute Gasteiger partial charge is 0.397 e. The third-order valence-electron chi connectivity index (χ3n) is 1.01. The maximum atomic E-state index is 10.1. The molecule has 0 heterocycles. The van der Waals surface area contributed by atoms with E-state index in [1.54, 1.807) is 0 Å². The molecule has 0 saturated carbocycles. The minimum absolute atomic E-state index is 0.0447. The van der Waals surface area contributed by atoms with Gasteiger partial charge in [0.1, 0.15) is 0 Å². The first-order valence-electron chi connectivity index (χ1n) is 3.24. The van der Waals surface area contributed by atoms with Gasteiger partial charge in [0.05, 0.1) is 12.7 Å². The minimum Gasteiger partial charge on any atom is -0.272 e. The average molecular weight is 234 g/mol. The van der Waals surface area contributed by atoms with Crippen molar-refractivity contribution >= 4 is 21.4 Å². The summed E-state index contributed by atoms with van der Waals surface area (Å²) in [6.45, 7) is 1.17. The Morgan fingerprint density at radius 3 is 2.38 bits per heavy atom. The molecule has 0 radical (unpaired) electrons. The Kier molecular flexibility index (Phi) is 5.40. The summed E-state index contributed by atoms with van der Waals surface area (Å²) < 4.78 is 56.3. The summed E-state index contributed by atoms with van der Waals surface area (Å²) in [6.07, 6.45) is -0.784. The van der Waals surface area contributed by atoms with E-state index in [1.807, 2.05) is 0 Å².